The van der Waals surface area contributed by atoms with Gasteiger partial charge in [-0.05, 0) is 60.0 Å². The van der Waals surface area contributed by atoms with Crippen LogP contribution in [0.2, 0.25) is 5.02 Å². The van der Waals surface area contributed by atoms with Gasteiger partial charge < -0.3 is 25.1 Å². The number of carbonyl (C=O) groups excluding carboxylic acids is 1. The highest BCUT2D eigenvalue weighted by molar-refractivity contribution is 6.56. The Bertz CT molecular complexity index is 759. The third-order valence-electron chi connectivity index (χ3n) is 4.64. The summed E-state index contributed by atoms with van der Waals surface area (Å²) in [4.78, 5) is 16.2. The molecule has 1 saturated heterocycles. The summed E-state index contributed by atoms with van der Waals surface area (Å²) in [5, 5.41) is 3.19. The van der Waals surface area contributed by atoms with Crippen molar-refractivity contribution >= 4 is 36.7 Å². The van der Waals surface area contributed by atoms with Gasteiger partial charge >= 0.3 is 13.2 Å². The van der Waals surface area contributed by atoms with Crippen LogP contribution < -0.4 is 11.1 Å². The summed E-state index contributed by atoms with van der Waals surface area (Å²) in [5.41, 5.74) is 5.35. The quantitative estimate of drug-likeness (QED) is 0.733. The lowest BCUT2D eigenvalue weighted by Gasteiger charge is -2.32. The molecule has 1 aliphatic heterocycles. The summed E-state index contributed by atoms with van der Waals surface area (Å²) in [7, 11) is -0.659. The number of aromatic nitrogens is 1. The molecule has 0 aromatic carbocycles. The van der Waals surface area contributed by atoms with Crippen molar-refractivity contribution in [1.29, 1.82) is 0 Å². The van der Waals surface area contributed by atoms with Crippen molar-refractivity contribution in [3.8, 4) is 0 Å². The van der Waals surface area contributed by atoms with Gasteiger partial charge in [0.2, 0.25) is 0 Å². The fourth-order valence-corrected chi connectivity index (χ4v) is 2.66. The zero-order valence-electron chi connectivity index (χ0n) is 17.6. The molecular formula is C19H29BClN3O4. The van der Waals surface area contributed by atoms with Gasteiger partial charge in [-0.2, -0.15) is 0 Å². The van der Waals surface area contributed by atoms with E-state index in [1.54, 1.807) is 39.1 Å². The largest absolute Gasteiger partial charge is 0.492 e. The molecule has 1 fully saturated rings. The Hall–Kier alpha value is -1.77. The fourth-order valence-electron chi connectivity index (χ4n) is 2.45. The van der Waals surface area contributed by atoms with Gasteiger partial charge in [0.05, 0.1) is 16.2 Å². The smallest absolute Gasteiger partial charge is 0.444 e. The number of carbonyl (C=O) groups is 1. The van der Waals surface area contributed by atoms with Crippen LogP contribution in [-0.2, 0) is 14.0 Å². The summed E-state index contributed by atoms with van der Waals surface area (Å²) >= 11 is 6.28. The average molecular weight is 410 g/mol. The summed E-state index contributed by atoms with van der Waals surface area (Å²) in [6.07, 6.45) is 2.82. The summed E-state index contributed by atoms with van der Waals surface area (Å²) < 4.78 is 17.6. The first-order valence-corrected chi connectivity index (χ1v) is 9.52. The van der Waals surface area contributed by atoms with Crippen molar-refractivity contribution in [3.63, 3.8) is 0 Å². The molecule has 0 saturated carbocycles. The number of pyridine rings is 1. The van der Waals surface area contributed by atoms with Crippen LogP contribution in [0.3, 0.4) is 0 Å². The molecule has 9 heteroatoms. The number of nitrogens with two attached hydrogens (primary N) is 1. The number of ether oxygens (including phenoxy) is 1. The Balaban J connectivity index is 2.28. The fraction of sp³-hybridized carbons (Fsp3) is 0.579. The number of nitrogens with one attached hydrogen (secondary N) is 1. The zero-order chi connectivity index (χ0) is 21.3. The second-order valence-corrected chi connectivity index (χ2v) is 9.20. The molecule has 2 rings (SSSR count). The maximum absolute atomic E-state index is 12.1. The molecule has 0 unspecified atom stereocenters. The lowest BCUT2D eigenvalue weighted by molar-refractivity contribution is 0.00578. The first-order chi connectivity index (χ1) is 12.7. The Morgan fingerprint density at radius 1 is 1.32 bits per heavy atom. The molecule has 0 aliphatic carbocycles. The van der Waals surface area contributed by atoms with E-state index >= 15 is 0 Å². The van der Waals surface area contributed by atoms with Gasteiger partial charge in [0, 0.05) is 18.3 Å². The predicted molar refractivity (Wildman–Crippen MR) is 112 cm³/mol. The Morgan fingerprint density at radius 3 is 2.39 bits per heavy atom. The molecule has 0 radical (unpaired) electrons. The average Bonchev–Trinajstić information content (AvgIpc) is 2.71. The van der Waals surface area contributed by atoms with Gasteiger partial charge in [0.25, 0.3) is 0 Å². The topological polar surface area (TPSA) is 95.7 Å². The molecule has 0 bridgehead atoms. The summed E-state index contributed by atoms with van der Waals surface area (Å²) in [6.45, 7) is 13.4. The number of anilines is 1. The van der Waals surface area contributed by atoms with Crippen LogP contribution >= 0.6 is 11.6 Å². The van der Waals surface area contributed by atoms with Crippen molar-refractivity contribution < 1.29 is 18.8 Å². The second kappa shape index (κ2) is 7.93. The molecule has 0 atom stereocenters. The number of hydrogen-bond acceptors (Lipinski definition) is 6. The molecule has 154 valence electrons. The molecular weight excluding hydrogens is 380 g/mol. The van der Waals surface area contributed by atoms with Gasteiger partial charge in [0.1, 0.15) is 11.4 Å². The number of alkyl carbamates (subject to hydrolysis) is 1. The van der Waals surface area contributed by atoms with Crippen LogP contribution in [0.1, 0.15) is 54.0 Å². The maximum Gasteiger partial charge on any atom is 0.492 e. The lowest BCUT2D eigenvalue weighted by atomic mass is 9.77. The van der Waals surface area contributed by atoms with Crippen molar-refractivity contribution in [3.05, 3.63) is 28.3 Å². The van der Waals surface area contributed by atoms with Crippen LogP contribution in [0.15, 0.2) is 17.7 Å². The second-order valence-electron chi connectivity index (χ2n) is 8.79. The number of halogens is 1. The zero-order valence-corrected chi connectivity index (χ0v) is 18.3. The van der Waals surface area contributed by atoms with E-state index in [4.69, 9.17) is 31.4 Å². The normalized spacial score (nSPS) is 18.9. The number of nitrogen functional groups attached to an aromatic ring is 1. The highest BCUT2D eigenvalue weighted by Crippen LogP contribution is 2.39. The van der Waals surface area contributed by atoms with Gasteiger partial charge in [-0.1, -0.05) is 17.7 Å². The third kappa shape index (κ3) is 5.62. The molecule has 3 N–H and O–H groups in total. The van der Waals surface area contributed by atoms with Crippen molar-refractivity contribution in [2.24, 2.45) is 0 Å². The monoisotopic (exact) mass is 409 g/mol. The number of rotatable bonds is 4. The number of nitrogens with zero attached hydrogens (tertiary/aromatic N) is 1. The van der Waals surface area contributed by atoms with Gasteiger partial charge in [0.15, 0.2) is 0 Å². The van der Waals surface area contributed by atoms with E-state index in [0.29, 0.717) is 21.9 Å². The highest BCUT2D eigenvalue weighted by Gasteiger charge is 2.52. The third-order valence-corrected chi connectivity index (χ3v) is 4.96. The summed E-state index contributed by atoms with van der Waals surface area (Å²) in [6, 6.07) is 1.57. The number of amides is 1. The van der Waals surface area contributed by atoms with Gasteiger partial charge in [-0.3, -0.25) is 0 Å². The molecule has 1 aromatic rings. The van der Waals surface area contributed by atoms with Crippen LogP contribution in [0.5, 0.6) is 0 Å². The first kappa shape index (κ1) is 22.5. The standard InChI is InChI=1S/C19H29BClN3O4/c1-17(2,3)26-16(25)24-11-13(8-12-10-23-15(22)9-14(12)21)20-27-18(4,5)19(6,7)28-20/h8-10H,11H2,1-7H3,(H2,22,23)(H,24,25). The molecule has 1 aliphatic rings. The van der Waals surface area contributed by atoms with E-state index in [1.165, 1.54) is 0 Å². The van der Waals surface area contributed by atoms with Gasteiger partial charge in [-0.15, -0.1) is 0 Å². The van der Waals surface area contributed by atoms with Crippen LogP contribution in [0, 0.1) is 0 Å². The van der Waals surface area contributed by atoms with E-state index in [1.807, 2.05) is 27.7 Å². The molecule has 7 nitrogen and oxygen atoms in total. The Labute approximate surface area is 172 Å². The SMILES string of the molecule is CC(C)(C)OC(=O)NCC(=Cc1cnc(N)cc1Cl)B1OC(C)(C)C(C)(C)O1. The number of hydrogen-bond donors (Lipinski definition) is 2. The van der Waals surface area contributed by atoms with Crippen LogP contribution in [0.4, 0.5) is 10.6 Å². The van der Waals surface area contributed by atoms with E-state index < -0.39 is 30.0 Å². The van der Waals surface area contributed by atoms with Crippen molar-refractivity contribution in [2.45, 2.75) is 65.3 Å². The minimum Gasteiger partial charge on any atom is -0.444 e. The van der Waals surface area contributed by atoms with E-state index in [2.05, 4.69) is 10.3 Å². The van der Waals surface area contributed by atoms with Crippen LogP contribution in [-0.4, -0.2) is 41.5 Å². The first-order valence-electron chi connectivity index (χ1n) is 9.14. The van der Waals surface area contributed by atoms with E-state index in [0.717, 1.165) is 0 Å². The minimum absolute atomic E-state index is 0.159. The van der Waals surface area contributed by atoms with Crippen LogP contribution in [0.25, 0.3) is 6.08 Å². The highest BCUT2D eigenvalue weighted by atomic mass is 35.5. The molecule has 0 spiro atoms. The Kier molecular flexibility index (Phi) is 6.38. The predicted octanol–water partition coefficient (Wildman–Crippen LogP) is 3.86. The molecule has 1 amide bonds. The lowest BCUT2D eigenvalue weighted by Crippen LogP contribution is -2.41. The summed E-state index contributed by atoms with van der Waals surface area (Å²) in [5.74, 6) is 0.325. The van der Waals surface area contributed by atoms with Crippen molar-refractivity contribution in [2.75, 3.05) is 12.3 Å². The van der Waals surface area contributed by atoms with E-state index in [9.17, 15) is 4.79 Å². The molecule has 1 aromatic heterocycles. The Morgan fingerprint density at radius 2 is 1.89 bits per heavy atom. The molecule has 28 heavy (non-hydrogen) atoms. The maximum atomic E-state index is 12.1. The minimum atomic E-state index is -0.659. The van der Waals surface area contributed by atoms with Crippen molar-refractivity contribution in [1.82, 2.24) is 10.3 Å². The molecule has 2 heterocycles. The van der Waals surface area contributed by atoms with Gasteiger partial charge in [-0.25, -0.2) is 9.78 Å². The van der Waals surface area contributed by atoms with E-state index in [-0.39, 0.29) is 6.54 Å².